The van der Waals surface area contributed by atoms with E-state index >= 15 is 0 Å². The summed E-state index contributed by atoms with van der Waals surface area (Å²) in [6, 6.07) is 0.454. The van der Waals surface area contributed by atoms with Crippen molar-refractivity contribution in [3.63, 3.8) is 0 Å². The summed E-state index contributed by atoms with van der Waals surface area (Å²) in [5, 5.41) is 3.51. The minimum atomic E-state index is -2.89. The largest absolute Gasteiger partial charge is 0.381 e. The average molecular weight is 306 g/mol. The van der Waals surface area contributed by atoms with Gasteiger partial charge >= 0.3 is 0 Å². The second-order valence-electron chi connectivity index (χ2n) is 6.56. The Kier molecular flexibility index (Phi) is 6.91. The molecule has 5 nitrogen and oxygen atoms in total. The fraction of sp³-hybridized carbons (Fsp3) is 1.00. The van der Waals surface area contributed by atoms with E-state index in [0.717, 1.165) is 39.1 Å². The van der Waals surface area contributed by atoms with Crippen LogP contribution in [0.15, 0.2) is 0 Å². The Balaban J connectivity index is 2.55. The van der Waals surface area contributed by atoms with Gasteiger partial charge in [0.25, 0.3) is 0 Å². The minimum absolute atomic E-state index is 0.106. The number of ether oxygens (including phenoxy) is 1. The second kappa shape index (κ2) is 7.73. The zero-order chi connectivity index (χ0) is 15.2. The number of hydrogen-bond donors (Lipinski definition) is 1. The maximum atomic E-state index is 11.3. The summed E-state index contributed by atoms with van der Waals surface area (Å²) < 4.78 is 28.2. The highest BCUT2D eigenvalue weighted by atomic mass is 32.2. The quantitative estimate of drug-likeness (QED) is 0.717. The summed E-state index contributed by atoms with van der Waals surface area (Å²) in [5.41, 5.74) is 0.106. The zero-order valence-electron chi connectivity index (χ0n) is 13.3. The molecule has 0 aromatic heterocycles. The third kappa shape index (κ3) is 7.02. The van der Waals surface area contributed by atoms with Crippen LogP contribution in [-0.2, 0) is 14.6 Å². The first-order valence-corrected chi connectivity index (χ1v) is 9.46. The predicted molar refractivity (Wildman–Crippen MR) is 82.8 cm³/mol. The fourth-order valence-electron chi connectivity index (χ4n) is 2.62. The van der Waals surface area contributed by atoms with Crippen LogP contribution in [0.2, 0.25) is 0 Å². The van der Waals surface area contributed by atoms with Crippen LogP contribution in [0.3, 0.4) is 0 Å². The summed E-state index contributed by atoms with van der Waals surface area (Å²) >= 11 is 0. The summed E-state index contributed by atoms with van der Waals surface area (Å²) in [6.45, 7) is 8.28. The van der Waals surface area contributed by atoms with Gasteiger partial charge in [-0.15, -0.1) is 0 Å². The van der Waals surface area contributed by atoms with Crippen molar-refractivity contribution in [2.75, 3.05) is 51.9 Å². The van der Waals surface area contributed by atoms with Gasteiger partial charge in [0, 0.05) is 44.0 Å². The molecule has 1 N–H and O–H groups in total. The Bertz CT molecular complexity index is 376. The summed E-state index contributed by atoms with van der Waals surface area (Å²) in [5.74, 6) is 0.220. The first kappa shape index (κ1) is 17.9. The summed E-state index contributed by atoms with van der Waals surface area (Å²) in [6.07, 6.45) is 3.51. The smallest absolute Gasteiger partial charge is 0.148 e. The highest BCUT2D eigenvalue weighted by molar-refractivity contribution is 7.90. The third-order valence-electron chi connectivity index (χ3n) is 3.74. The first-order chi connectivity index (χ1) is 9.22. The van der Waals surface area contributed by atoms with E-state index in [-0.39, 0.29) is 11.2 Å². The number of sulfone groups is 1. The van der Waals surface area contributed by atoms with Crippen LogP contribution in [0.1, 0.15) is 26.7 Å². The van der Waals surface area contributed by atoms with Crippen LogP contribution in [0, 0.1) is 5.41 Å². The monoisotopic (exact) mass is 306 g/mol. The predicted octanol–water partition coefficient (Wildman–Crippen LogP) is 0.758. The Morgan fingerprint density at radius 3 is 2.60 bits per heavy atom. The minimum Gasteiger partial charge on any atom is -0.381 e. The third-order valence-corrected chi connectivity index (χ3v) is 4.66. The van der Waals surface area contributed by atoms with E-state index in [4.69, 9.17) is 4.74 Å². The molecule has 1 aliphatic rings. The zero-order valence-corrected chi connectivity index (χ0v) is 14.1. The van der Waals surface area contributed by atoms with E-state index in [0.29, 0.717) is 12.6 Å². The van der Waals surface area contributed by atoms with Gasteiger partial charge in [0.1, 0.15) is 9.84 Å². The molecule has 0 saturated carbocycles. The molecule has 1 saturated heterocycles. The number of hydrogen-bond acceptors (Lipinski definition) is 5. The van der Waals surface area contributed by atoms with Gasteiger partial charge in [0.05, 0.1) is 12.4 Å². The van der Waals surface area contributed by atoms with Crippen LogP contribution in [0.25, 0.3) is 0 Å². The SMILES string of the molecule is CC(C)NCC1(CN(C)CCS(C)(=O)=O)CCCOC1. The van der Waals surface area contributed by atoms with E-state index < -0.39 is 9.84 Å². The van der Waals surface area contributed by atoms with Gasteiger partial charge in [-0.1, -0.05) is 13.8 Å². The maximum Gasteiger partial charge on any atom is 0.148 e. The summed E-state index contributed by atoms with van der Waals surface area (Å²) in [7, 11) is -0.897. The lowest BCUT2D eigenvalue weighted by atomic mass is 9.81. The normalized spacial score (nSPS) is 24.5. The molecule has 0 radical (unpaired) electrons. The molecule has 1 fully saturated rings. The number of nitrogens with zero attached hydrogens (tertiary/aromatic N) is 1. The molecule has 1 rings (SSSR count). The number of rotatable bonds is 8. The maximum absolute atomic E-state index is 11.3. The lowest BCUT2D eigenvalue weighted by molar-refractivity contribution is -0.0227. The van der Waals surface area contributed by atoms with Gasteiger partial charge in [0.2, 0.25) is 0 Å². The van der Waals surface area contributed by atoms with Gasteiger partial charge < -0.3 is 15.0 Å². The van der Waals surface area contributed by atoms with Crippen molar-refractivity contribution in [2.24, 2.45) is 5.41 Å². The molecular weight excluding hydrogens is 276 g/mol. The van der Waals surface area contributed by atoms with Gasteiger partial charge in [0.15, 0.2) is 0 Å². The molecule has 20 heavy (non-hydrogen) atoms. The highest BCUT2D eigenvalue weighted by Crippen LogP contribution is 2.29. The Labute approximate surface area is 124 Å². The van der Waals surface area contributed by atoms with E-state index in [9.17, 15) is 8.42 Å². The lowest BCUT2D eigenvalue weighted by Crippen LogP contribution is -2.49. The molecule has 0 amide bonds. The van der Waals surface area contributed by atoms with Crippen molar-refractivity contribution in [1.29, 1.82) is 0 Å². The van der Waals surface area contributed by atoms with Crippen molar-refractivity contribution >= 4 is 9.84 Å². The standard InChI is InChI=1S/C14H30N2O3S/c1-13(2)15-10-14(6-5-8-19-12-14)11-16(3)7-9-20(4,17)18/h13,15H,5-12H2,1-4H3. The molecule has 1 atom stereocenters. The Hall–Kier alpha value is -0.170. The first-order valence-electron chi connectivity index (χ1n) is 7.40. The van der Waals surface area contributed by atoms with Gasteiger partial charge in [-0.3, -0.25) is 0 Å². The molecule has 120 valence electrons. The highest BCUT2D eigenvalue weighted by Gasteiger charge is 2.34. The van der Waals surface area contributed by atoms with E-state index in [1.807, 2.05) is 7.05 Å². The van der Waals surface area contributed by atoms with Crippen molar-refractivity contribution in [3.8, 4) is 0 Å². The topological polar surface area (TPSA) is 58.6 Å². The van der Waals surface area contributed by atoms with Crippen LogP contribution in [0.4, 0.5) is 0 Å². The van der Waals surface area contributed by atoms with Crippen LogP contribution >= 0.6 is 0 Å². The van der Waals surface area contributed by atoms with Crippen molar-refractivity contribution < 1.29 is 13.2 Å². The van der Waals surface area contributed by atoms with Gasteiger partial charge in [-0.2, -0.15) is 0 Å². The second-order valence-corrected chi connectivity index (χ2v) is 8.82. The summed E-state index contributed by atoms with van der Waals surface area (Å²) in [4.78, 5) is 2.12. The molecule has 0 aromatic rings. The molecule has 1 aliphatic heterocycles. The van der Waals surface area contributed by atoms with E-state index in [1.165, 1.54) is 6.26 Å². The Morgan fingerprint density at radius 1 is 1.40 bits per heavy atom. The van der Waals surface area contributed by atoms with E-state index in [2.05, 4.69) is 24.1 Å². The molecular formula is C14H30N2O3S. The number of nitrogens with one attached hydrogen (secondary N) is 1. The molecule has 1 heterocycles. The molecule has 6 heteroatoms. The van der Waals surface area contributed by atoms with Crippen molar-refractivity contribution in [3.05, 3.63) is 0 Å². The van der Waals surface area contributed by atoms with Crippen molar-refractivity contribution in [2.45, 2.75) is 32.7 Å². The van der Waals surface area contributed by atoms with Crippen LogP contribution in [-0.4, -0.2) is 71.3 Å². The lowest BCUT2D eigenvalue weighted by Gasteiger charge is -2.40. The van der Waals surface area contributed by atoms with Gasteiger partial charge in [-0.05, 0) is 19.9 Å². The van der Waals surface area contributed by atoms with E-state index in [1.54, 1.807) is 0 Å². The molecule has 1 unspecified atom stereocenters. The molecule has 0 aromatic carbocycles. The van der Waals surface area contributed by atoms with Crippen LogP contribution < -0.4 is 5.32 Å². The molecule has 0 bridgehead atoms. The average Bonchev–Trinajstić information content (AvgIpc) is 2.34. The van der Waals surface area contributed by atoms with Gasteiger partial charge in [-0.25, -0.2) is 8.42 Å². The Morgan fingerprint density at radius 2 is 2.10 bits per heavy atom. The van der Waals surface area contributed by atoms with Crippen molar-refractivity contribution in [1.82, 2.24) is 10.2 Å². The fourth-order valence-corrected chi connectivity index (χ4v) is 3.27. The van der Waals surface area contributed by atoms with Crippen LogP contribution in [0.5, 0.6) is 0 Å². The molecule has 0 spiro atoms. The molecule has 0 aliphatic carbocycles.